The largest absolute Gasteiger partial charge is 0.493 e. The van der Waals surface area contributed by atoms with E-state index in [1.165, 1.54) is 31.2 Å². The lowest BCUT2D eigenvalue weighted by Gasteiger charge is -2.16. The quantitative estimate of drug-likeness (QED) is 0.859. The molecule has 1 N–H and O–H groups in total. The van der Waals surface area contributed by atoms with E-state index in [0.29, 0.717) is 6.04 Å². The first-order chi connectivity index (χ1) is 9.76. The molecule has 4 heteroatoms. The second kappa shape index (κ2) is 6.35. The summed E-state index contributed by atoms with van der Waals surface area (Å²) in [6.07, 6.45) is 6.19. The number of benzene rings is 1. The van der Waals surface area contributed by atoms with Crippen molar-refractivity contribution >= 4 is 15.9 Å². The van der Waals surface area contributed by atoms with E-state index in [1.807, 2.05) is 0 Å². The summed E-state index contributed by atoms with van der Waals surface area (Å²) in [5.74, 6) is 2.43. The lowest BCUT2D eigenvalue weighted by molar-refractivity contribution is 0.278. The van der Waals surface area contributed by atoms with Crippen LogP contribution < -0.4 is 14.8 Å². The molecule has 0 aromatic heterocycles. The van der Waals surface area contributed by atoms with Crippen molar-refractivity contribution in [2.75, 3.05) is 20.3 Å². The zero-order valence-corrected chi connectivity index (χ0v) is 13.5. The highest BCUT2D eigenvalue weighted by atomic mass is 79.9. The number of hydrogen-bond donors (Lipinski definition) is 1. The molecule has 20 heavy (non-hydrogen) atoms. The maximum Gasteiger partial charge on any atom is 0.175 e. The van der Waals surface area contributed by atoms with Crippen molar-refractivity contribution in [1.82, 2.24) is 5.32 Å². The average Bonchev–Trinajstić information content (AvgIpc) is 3.13. The van der Waals surface area contributed by atoms with E-state index in [-0.39, 0.29) is 0 Å². The predicted molar refractivity (Wildman–Crippen MR) is 83.6 cm³/mol. The number of ether oxygens (including phenoxy) is 2. The Morgan fingerprint density at radius 3 is 2.80 bits per heavy atom. The molecule has 1 atom stereocenters. The van der Waals surface area contributed by atoms with Crippen molar-refractivity contribution < 1.29 is 9.47 Å². The number of hydrogen-bond acceptors (Lipinski definition) is 3. The van der Waals surface area contributed by atoms with Crippen LogP contribution in [0.3, 0.4) is 0 Å². The smallest absolute Gasteiger partial charge is 0.175 e. The lowest BCUT2D eigenvalue weighted by atomic mass is 10.0. The molecule has 1 aliphatic heterocycles. The van der Waals surface area contributed by atoms with Crippen LogP contribution in [0.5, 0.6) is 11.5 Å². The van der Waals surface area contributed by atoms with Gasteiger partial charge >= 0.3 is 0 Å². The van der Waals surface area contributed by atoms with Crippen LogP contribution in [-0.4, -0.2) is 26.3 Å². The van der Waals surface area contributed by atoms with Crippen molar-refractivity contribution in [3.63, 3.8) is 0 Å². The summed E-state index contributed by atoms with van der Waals surface area (Å²) < 4.78 is 12.4. The van der Waals surface area contributed by atoms with Crippen molar-refractivity contribution in [1.29, 1.82) is 0 Å². The average molecular weight is 340 g/mol. The van der Waals surface area contributed by atoms with Gasteiger partial charge in [0, 0.05) is 6.04 Å². The van der Waals surface area contributed by atoms with Crippen LogP contribution in [0.25, 0.3) is 0 Å². The first-order valence-electron chi connectivity index (χ1n) is 7.49. The molecule has 0 radical (unpaired) electrons. The van der Waals surface area contributed by atoms with Crippen LogP contribution in [0, 0.1) is 5.92 Å². The minimum Gasteiger partial charge on any atom is -0.493 e. The molecule has 3 rings (SSSR count). The Morgan fingerprint density at radius 2 is 2.15 bits per heavy atom. The fraction of sp³-hybridized carbons (Fsp3) is 0.625. The van der Waals surface area contributed by atoms with Gasteiger partial charge in [-0.2, -0.15) is 0 Å². The van der Waals surface area contributed by atoms with E-state index in [0.717, 1.165) is 41.5 Å². The molecule has 2 fully saturated rings. The van der Waals surface area contributed by atoms with E-state index in [4.69, 9.17) is 9.47 Å². The van der Waals surface area contributed by atoms with Gasteiger partial charge in [0.2, 0.25) is 0 Å². The van der Waals surface area contributed by atoms with Gasteiger partial charge in [0.05, 0.1) is 18.2 Å². The summed E-state index contributed by atoms with van der Waals surface area (Å²) in [5.41, 5.74) is 1.30. The summed E-state index contributed by atoms with van der Waals surface area (Å²) in [5, 5.41) is 3.54. The molecule has 1 aliphatic carbocycles. The Hall–Kier alpha value is -0.740. The third-order valence-electron chi connectivity index (χ3n) is 4.09. The van der Waals surface area contributed by atoms with Gasteiger partial charge in [0.15, 0.2) is 11.5 Å². The summed E-state index contributed by atoms with van der Waals surface area (Å²) in [6, 6.07) is 4.89. The molecule has 1 saturated heterocycles. The van der Waals surface area contributed by atoms with Gasteiger partial charge in [-0.3, -0.25) is 0 Å². The minimum absolute atomic E-state index is 0.602. The van der Waals surface area contributed by atoms with Gasteiger partial charge in [-0.25, -0.2) is 0 Å². The molecule has 1 saturated carbocycles. The SMILES string of the molecule is COc1cc(CC2CCCN2)cc(Br)c1OCC1CC1. The van der Waals surface area contributed by atoms with Crippen LogP contribution in [-0.2, 0) is 6.42 Å². The Morgan fingerprint density at radius 1 is 1.30 bits per heavy atom. The van der Waals surface area contributed by atoms with Crippen LogP contribution in [0.15, 0.2) is 16.6 Å². The highest BCUT2D eigenvalue weighted by Gasteiger charge is 2.24. The molecule has 0 spiro atoms. The van der Waals surface area contributed by atoms with Gasteiger partial charge in [-0.1, -0.05) is 0 Å². The van der Waals surface area contributed by atoms with Crippen molar-refractivity contribution in [3.8, 4) is 11.5 Å². The van der Waals surface area contributed by atoms with Crippen LogP contribution >= 0.6 is 15.9 Å². The fourth-order valence-electron chi connectivity index (χ4n) is 2.73. The van der Waals surface area contributed by atoms with E-state index in [1.54, 1.807) is 7.11 Å². The lowest BCUT2D eigenvalue weighted by Crippen LogP contribution is -2.23. The molecule has 0 bridgehead atoms. The molecular weight excluding hydrogens is 318 g/mol. The summed E-state index contributed by atoms with van der Waals surface area (Å²) >= 11 is 3.63. The summed E-state index contributed by atoms with van der Waals surface area (Å²) in [4.78, 5) is 0. The zero-order valence-electron chi connectivity index (χ0n) is 12.0. The Kier molecular flexibility index (Phi) is 4.51. The highest BCUT2D eigenvalue weighted by molar-refractivity contribution is 9.10. The molecule has 2 aliphatic rings. The molecule has 3 nitrogen and oxygen atoms in total. The monoisotopic (exact) mass is 339 g/mol. The van der Waals surface area contributed by atoms with Crippen molar-refractivity contribution in [2.45, 2.75) is 38.1 Å². The number of nitrogens with one attached hydrogen (secondary N) is 1. The molecule has 0 amide bonds. The Labute approximate surface area is 129 Å². The fourth-order valence-corrected chi connectivity index (χ4v) is 3.34. The third-order valence-corrected chi connectivity index (χ3v) is 4.68. The maximum absolute atomic E-state index is 5.92. The maximum atomic E-state index is 5.92. The second-order valence-corrected chi connectivity index (χ2v) is 6.72. The number of halogens is 1. The van der Waals surface area contributed by atoms with Crippen LogP contribution in [0.2, 0.25) is 0 Å². The zero-order chi connectivity index (χ0) is 13.9. The molecule has 1 unspecified atom stereocenters. The van der Waals surface area contributed by atoms with Gasteiger partial charge in [0.1, 0.15) is 0 Å². The topological polar surface area (TPSA) is 30.5 Å². The summed E-state index contributed by atoms with van der Waals surface area (Å²) in [7, 11) is 1.71. The van der Waals surface area contributed by atoms with Crippen molar-refractivity contribution in [3.05, 3.63) is 22.2 Å². The number of methoxy groups -OCH3 is 1. The van der Waals surface area contributed by atoms with Crippen LogP contribution in [0.4, 0.5) is 0 Å². The second-order valence-electron chi connectivity index (χ2n) is 5.86. The van der Waals surface area contributed by atoms with E-state index in [9.17, 15) is 0 Å². The Bertz CT molecular complexity index is 468. The van der Waals surface area contributed by atoms with E-state index >= 15 is 0 Å². The molecule has 1 aromatic rings. The first-order valence-corrected chi connectivity index (χ1v) is 8.28. The van der Waals surface area contributed by atoms with Gasteiger partial charge in [-0.15, -0.1) is 0 Å². The number of rotatable bonds is 6. The normalized spacial score (nSPS) is 22.0. The molecular formula is C16H22BrNO2. The van der Waals surface area contributed by atoms with Gasteiger partial charge in [-0.05, 0) is 78.2 Å². The van der Waals surface area contributed by atoms with Crippen molar-refractivity contribution in [2.24, 2.45) is 5.92 Å². The molecule has 1 heterocycles. The first kappa shape index (κ1) is 14.2. The van der Waals surface area contributed by atoms with Gasteiger partial charge in [0.25, 0.3) is 0 Å². The predicted octanol–water partition coefficient (Wildman–Crippen LogP) is 3.54. The van der Waals surface area contributed by atoms with E-state index < -0.39 is 0 Å². The third kappa shape index (κ3) is 3.47. The molecule has 1 aromatic carbocycles. The Balaban J connectivity index is 1.73. The molecule has 110 valence electrons. The standard InChI is InChI=1S/C16H22BrNO2/c1-19-15-9-12(7-13-3-2-6-18-13)8-14(17)16(15)20-10-11-4-5-11/h8-9,11,13,18H,2-7,10H2,1H3. The summed E-state index contributed by atoms with van der Waals surface area (Å²) in [6.45, 7) is 1.95. The minimum atomic E-state index is 0.602. The van der Waals surface area contributed by atoms with Crippen LogP contribution in [0.1, 0.15) is 31.2 Å². The van der Waals surface area contributed by atoms with Gasteiger partial charge < -0.3 is 14.8 Å². The van der Waals surface area contributed by atoms with E-state index in [2.05, 4.69) is 33.4 Å². The highest BCUT2D eigenvalue weighted by Crippen LogP contribution is 2.39.